The lowest BCUT2D eigenvalue weighted by Crippen LogP contribution is -2.43. The number of benzene rings is 1. The number of fused-ring (bicyclic) bond motifs is 5. The molecule has 0 aromatic heterocycles. The quantitative estimate of drug-likeness (QED) is 0.768. The summed E-state index contributed by atoms with van der Waals surface area (Å²) in [6, 6.07) is 5.91. The molecule has 3 aliphatic carbocycles. The van der Waals surface area contributed by atoms with E-state index >= 15 is 0 Å². The molecule has 3 unspecified atom stereocenters. The number of hydrogen-bond donors (Lipinski definition) is 1. The van der Waals surface area contributed by atoms with Gasteiger partial charge in [0.15, 0.2) is 0 Å². The maximum Gasteiger partial charge on any atom is 0.144 e. The van der Waals surface area contributed by atoms with Crippen LogP contribution in [-0.2, 0) is 11.2 Å². The van der Waals surface area contributed by atoms with Crippen LogP contribution < -0.4 is 0 Å². The summed E-state index contributed by atoms with van der Waals surface area (Å²) in [5, 5.41) is 9.73. The average molecular weight is 298 g/mol. The first-order chi connectivity index (χ1) is 10.3. The molecule has 2 nitrogen and oxygen atoms in total. The molecule has 0 bridgehead atoms. The normalized spacial score (nSPS) is 39.0. The number of hydrogen-bond acceptors (Lipinski definition) is 2. The van der Waals surface area contributed by atoms with E-state index < -0.39 is 0 Å². The number of aromatic hydroxyl groups is 1. The Balaban J connectivity index is 1.74. The summed E-state index contributed by atoms with van der Waals surface area (Å²) < 4.78 is 0. The molecule has 2 heteroatoms. The van der Waals surface area contributed by atoms with Crippen molar-refractivity contribution in [3.8, 4) is 5.75 Å². The SMILES string of the molecule is CC1(C)CC2C3CCc4cc(O)ccc4C3CC[C@]2(C)C1=O. The second-order valence-electron chi connectivity index (χ2n) is 8.67. The maximum absolute atomic E-state index is 12.9. The largest absolute Gasteiger partial charge is 0.508 e. The summed E-state index contributed by atoms with van der Waals surface area (Å²) >= 11 is 0. The smallest absolute Gasteiger partial charge is 0.144 e. The zero-order chi connectivity index (χ0) is 15.7. The Morgan fingerprint density at radius 3 is 2.73 bits per heavy atom. The average Bonchev–Trinajstić information content (AvgIpc) is 2.66. The lowest BCUT2D eigenvalue weighted by atomic mass is 9.55. The van der Waals surface area contributed by atoms with Crippen molar-refractivity contribution in [1.82, 2.24) is 0 Å². The van der Waals surface area contributed by atoms with E-state index in [0.29, 0.717) is 29.3 Å². The van der Waals surface area contributed by atoms with Gasteiger partial charge in [0.2, 0.25) is 0 Å². The molecule has 0 amide bonds. The second-order valence-corrected chi connectivity index (χ2v) is 8.67. The van der Waals surface area contributed by atoms with Crippen LogP contribution >= 0.6 is 0 Å². The van der Waals surface area contributed by atoms with Crippen LogP contribution in [0, 0.1) is 22.7 Å². The van der Waals surface area contributed by atoms with Crippen LogP contribution in [0.3, 0.4) is 0 Å². The lowest BCUT2D eigenvalue weighted by molar-refractivity contribution is -0.134. The fourth-order valence-corrected chi connectivity index (χ4v) is 5.96. The highest BCUT2D eigenvalue weighted by molar-refractivity contribution is 5.92. The molecule has 22 heavy (non-hydrogen) atoms. The van der Waals surface area contributed by atoms with Crippen molar-refractivity contribution in [1.29, 1.82) is 0 Å². The molecule has 0 radical (unpaired) electrons. The van der Waals surface area contributed by atoms with Crippen LogP contribution in [0.25, 0.3) is 0 Å². The van der Waals surface area contributed by atoms with Gasteiger partial charge >= 0.3 is 0 Å². The number of phenols is 1. The fraction of sp³-hybridized carbons (Fsp3) is 0.650. The third-order valence-electron chi connectivity index (χ3n) is 6.96. The Hall–Kier alpha value is -1.31. The first-order valence-electron chi connectivity index (χ1n) is 8.70. The molecule has 1 N–H and O–H groups in total. The monoisotopic (exact) mass is 298 g/mol. The van der Waals surface area contributed by atoms with Crippen molar-refractivity contribution in [2.24, 2.45) is 22.7 Å². The predicted octanol–water partition coefficient (Wildman–Crippen LogP) is 4.45. The Morgan fingerprint density at radius 2 is 1.95 bits per heavy atom. The van der Waals surface area contributed by atoms with Crippen LogP contribution in [0.2, 0.25) is 0 Å². The fourth-order valence-electron chi connectivity index (χ4n) is 5.96. The summed E-state index contributed by atoms with van der Waals surface area (Å²) in [7, 11) is 0. The molecule has 1 aromatic carbocycles. The molecule has 2 fully saturated rings. The van der Waals surface area contributed by atoms with E-state index in [0.717, 1.165) is 25.7 Å². The van der Waals surface area contributed by atoms with Gasteiger partial charge in [-0.05, 0) is 73.1 Å². The Labute approximate surface area is 132 Å². The number of carbonyl (C=O) groups is 1. The van der Waals surface area contributed by atoms with Crippen LogP contribution in [-0.4, -0.2) is 10.9 Å². The first-order valence-corrected chi connectivity index (χ1v) is 8.70. The number of Topliss-reactive ketones (excluding diaryl/α,β-unsaturated/α-hetero) is 1. The van der Waals surface area contributed by atoms with Crippen LogP contribution in [0.1, 0.15) is 63.5 Å². The van der Waals surface area contributed by atoms with Crippen molar-refractivity contribution in [3.63, 3.8) is 0 Å². The molecular weight excluding hydrogens is 272 g/mol. The Bertz CT molecular complexity index is 645. The highest BCUT2D eigenvalue weighted by Gasteiger charge is 2.60. The minimum atomic E-state index is -0.149. The van der Waals surface area contributed by atoms with Gasteiger partial charge in [-0.15, -0.1) is 0 Å². The molecule has 4 rings (SSSR count). The van der Waals surface area contributed by atoms with Crippen LogP contribution in [0.15, 0.2) is 18.2 Å². The Morgan fingerprint density at radius 1 is 1.18 bits per heavy atom. The van der Waals surface area contributed by atoms with Crippen molar-refractivity contribution >= 4 is 5.78 Å². The van der Waals surface area contributed by atoms with Gasteiger partial charge in [-0.1, -0.05) is 26.8 Å². The van der Waals surface area contributed by atoms with E-state index in [9.17, 15) is 9.90 Å². The summed E-state index contributed by atoms with van der Waals surface area (Å²) in [4.78, 5) is 12.9. The van der Waals surface area contributed by atoms with Gasteiger partial charge in [0.25, 0.3) is 0 Å². The van der Waals surface area contributed by atoms with Gasteiger partial charge in [-0.2, -0.15) is 0 Å². The van der Waals surface area contributed by atoms with Gasteiger partial charge in [0, 0.05) is 10.8 Å². The van der Waals surface area contributed by atoms with E-state index in [2.05, 4.69) is 26.8 Å². The molecule has 2 saturated carbocycles. The lowest BCUT2D eigenvalue weighted by Gasteiger charge is -2.48. The Kier molecular flexibility index (Phi) is 2.84. The molecule has 0 heterocycles. The van der Waals surface area contributed by atoms with Crippen LogP contribution in [0.5, 0.6) is 5.75 Å². The zero-order valence-electron chi connectivity index (χ0n) is 13.9. The second kappa shape index (κ2) is 4.37. The van der Waals surface area contributed by atoms with E-state index in [4.69, 9.17) is 0 Å². The van der Waals surface area contributed by atoms with Crippen molar-refractivity contribution in [2.75, 3.05) is 0 Å². The minimum Gasteiger partial charge on any atom is -0.508 e. The molecular formula is C20H26O2. The standard InChI is InChI=1S/C20H26O2/c1-19(2)11-17-16-6-4-12-10-13(21)5-7-14(12)15(16)8-9-20(17,3)18(19)22/h5,7,10,15-17,21H,4,6,8-9,11H2,1-3H3/t15?,16?,17?,20-/m0/s1. The molecule has 118 valence electrons. The highest BCUT2D eigenvalue weighted by atomic mass is 16.3. The zero-order valence-corrected chi connectivity index (χ0v) is 13.9. The first kappa shape index (κ1) is 14.3. The van der Waals surface area contributed by atoms with Crippen molar-refractivity contribution in [2.45, 2.75) is 58.8 Å². The van der Waals surface area contributed by atoms with Gasteiger partial charge < -0.3 is 5.11 Å². The summed E-state index contributed by atoms with van der Waals surface area (Å²) in [6.45, 7) is 6.52. The van der Waals surface area contributed by atoms with Crippen molar-refractivity contribution in [3.05, 3.63) is 29.3 Å². The topological polar surface area (TPSA) is 37.3 Å². The maximum atomic E-state index is 12.9. The minimum absolute atomic E-state index is 0.0981. The molecule has 0 aliphatic heterocycles. The van der Waals surface area contributed by atoms with E-state index in [-0.39, 0.29) is 10.8 Å². The van der Waals surface area contributed by atoms with Crippen LogP contribution in [0.4, 0.5) is 0 Å². The van der Waals surface area contributed by atoms with E-state index in [1.807, 2.05) is 12.1 Å². The molecule has 0 saturated heterocycles. The predicted molar refractivity (Wildman–Crippen MR) is 86.9 cm³/mol. The number of carbonyl (C=O) groups excluding carboxylic acids is 1. The third-order valence-corrected chi connectivity index (χ3v) is 6.96. The van der Waals surface area contributed by atoms with Gasteiger partial charge in [0.05, 0.1) is 0 Å². The molecule has 3 aliphatic rings. The summed E-state index contributed by atoms with van der Waals surface area (Å²) in [6.07, 6.45) is 5.42. The van der Waals surface area contributed by atoms with Crippen molar-refractivity contribution < 1.29 is 9.90 Å². The van der Waals surface area contributed by atoms with E-state index in [1.54, 1.807) is 0 Å². The number of aryl methyl sites for hydroxylation is 1. The highest BCUT2D eigenvalue weighted by Crippen LogP contribution is 2.63. The summed E-state index contributed by atoms with van der Waals surface area (Å²) in [5.41, 5.74) is 2.52. The van der Waals surface area contributed by atoms with E-state index in [1.165, 1.54) is 17.5 Å². The van der Waals surface area contributed by atoms with Gasteiger partial charge in [-0.3, -0.25) is 4.79 Å². The van der Waals surface area contributed by atoms with Gasteiger partial charge in [0.1, 0.15) is 11.5 Å². The number of rotatable bonds is 0. The molecule has 0 spiro atoms. The molecule has 4 atom stereocenters. The third kappa shape index (κ3) is 1.76. The van der Waals surface area contributed by atoms with Gasteiger partial charge in [-0.25, -0.2) is 0 Å². The number of phenolic OH excluding ortho intramolecular Hbond substituents is 1. The summed E-state index contributed by atoms with van der Waals surface area (Å²) in [5.74, 6) is 2.65. The molecule has 1 aromatic rings. The number of ketones is 1.